The lowest BCUT2D eigenvalue weighted by atomic mass is 9.95. The van der Waals surface area contributed by atoms with Crippen LogP contribution < -0.4 is 5.73 Å². The Labute approximate surface area is 88.3 Å². The predicted molar refractivity (Wildman–Crippen MR) is 61.2 cm³/mol. The number of hydrogen-bond donors (Lipinski definition) is 2. The van der Waals surface area contributed by atoms with Crippen LogP contribution >= 0.6 is 0 Å². The number of hydrogen-bond acceptors (Lipinski definition) is 3. The summed E-state index contributed by atoms with van der Waals surface area (Å²) in [5.74, 6) is 1.17. The fourth-order valence-electron chi connectivity index (χ4n) is 1.64. The van der Waals surface area contributed by atoms with Gasteiger partial charge in [-0.1, -0.05) is 20.8 Å². The van der Waals surface area contributed by atoms with Crippen LogP contribution in [0.5, 0.6) is 0 Å². The monoisotopic (exact) mass is 202 g/mol. The molecule has 86 valence electrons. The molecule has 1 unspecified atom stereocenters. The van der Waals surface area contributed by atoms with Gasteiger partial charge in [-0.3, -0.25) is 0 Å². The van der Waals surface area contributed by atoms with Crippen LogP contribution in [0.1, 0.15) is 27.2 Å². The molecule has 3 N–H and O–H groups in total. The molecule has 0 heterocycles. The van der Waals surface area contributed by atoms with Gasteiger partial charge in [0.1, 0.15) is 0 Å². The molecule has 3 nitrogen and oxygen atoms in total. The van der Waals surface area contributed by atoms with Gasteiger partial charge in [-0.15, -0.1) is 0 Å². The second-order valence-corrected chi connectivity index (χ2v) is 4.26. The molecule has 0 aromatic rings. The Bertz CT molecular complexity index is 122. The van der Waals surface area contributed by atoms with Crippen molar-refractivity contribution in [2.45, 2.75) is 27.2 Å². The molecule has 0 fully saturated rings. The molecule has 0 radical (unpaired) electrons. The molecule has 0 aliphatic carbocycles. The van der Waals surface area contributed by atoms with Crippen molar-refractivity contribution in [3.63, 3.8) is 0 Å². The van der Waals surface area contributed by atoms with Crippen molar-refractivity contribution in [1.29, 1.82) is 0 Å². The number of aliphatic hydroxyl groups is 1. The average molecular weight is 202 g/mol. The third-order valence-corrected chi connectivity index (χ3v) is 2.69. The zero-order valence-electron chi connectivity index (χ0n) is 9.87. The van der Waals surface area contributed by atoms with Gasteiger partial charge in [-0.25, -0.2) is 0 Å². The maximum Gasteiger partial charge on any atom is 0.0558 e. The molecule has 0 saturated carbocycles. The summed E-state index contributed by atoms with van der Waals surface area (Å²) in [6.07, 6.45) is 1.13. The minimum atomic E-state index is 0.245. The Morgan fingerprint density at radius 2 is 1.93 bits per heavy atom. The van der Waals surface area contributed by atoms with Gasteiger partial charge in [-0.2, -0.15) is 0 Å². The molecule has 0 aliphatic rings. The summed E-state index contributed by atoms with van der Waals surface area (Å²) < 4.78 is 0. The third-order valence-electron chi connectivity index (χ3n) is 2.69. The first-order chi connectivity index (χ1) is 6.65. The molecule has 0 aromatic carbocycles. The average Bonchev–Trinajstić information content (AvgIpc) is 2.14. The molecule has 1 atom stereocenters. The van der Waals surface area contributed by atoms with Gasteiger partial charge < -0.3 is 15.7 Å². The molecule has 14 heavy (non-hydrogen) atoms. The summed E-state index contributed by atoms with van der Waals surface area (Å²) >= 11 is 0. The molecule has 0 spiro atoms. The van der Waals surface area contributed by atoms with Crippen molar-refractivity contribution in [3.05, 3.63) is 0 Å². The van der Waals surface area contributed by atoms with Crippen molar-refractivity contribution in [1.82, 2.24) is 4.90 Å². The summed E-state index contributed by atoms with van der Waals surface area (Å²) in [6, 6.07) is 0. The van der Waals surface area contributed by atoms with Gasteiger partial charge in [0.2, 0.25) is 0 Å². The lowest BCUT2D eigenvalue weighted by Crippen LogP contribution is -2.37. The first-order valence-electron chi connectivity index (χ1n) is 5.68. The van der Waals surface area contributed by atoms with Crippen molar-refractivity contribution in [2.75, 3.05) is 32.8 Å². The maximum atomic E-state index is 8.91. The number of aliphatic hydroxyl groups excluding tert-OH is 1. The van der Waals surface area contributed by atoms with Crippen LogP contribution in [0.15, 0.2) is 0 Å². The highest BCUT2D eigenvalue weighted by Gasteiger charge is 2.15. The van der Waals surface area contributed by atoms with E-state index in [-0.39, 0.29) is 6.61 Å². The highest BCUT2D eigenvalue weighted by molar-refractivity contribution is 4.69. The normalized spacial score (nSPS) is 13.9. The van der Waals surface area contributed by atoms with E-state index >= 15 is 0 Å². The van der Waals surface area contributed by atoms with Crippen molar-refractivity contribution in [2.24, 2.45) is 17.6 Å². The molecule has 0 rings (SSSR count). The van der Waals surface area contributed by atoms with Crippen molar-refractivity contribution in [3.8, 4) is 0 Å². The fraction of sp³-hybridized carbons (Fsp3) is 1.00. The third kappa shape index (κ3) is 5.58. The fourth-order valence-corrected chi connectivity index (χ4v) is 1.64. The molecule has 0 aromatic heterocycles. The molecular weight excluding hydrogens is 176 g/mol. The van der Waals surface area contributed by atoms with Crippen LogP contribution in [0, 0.1) is 11.8 Å². The quantitative estimate of drug-likeness (QED) is 0.615. The molecule has 0 bridgehead atoms. The minimum Gasteiger partial charge on any atom is -0.395 e. The Balaban J connectivity index is 3.96. The summed E-state index contributed by atoms with van der Waals surface area (Å²) in [5, 5.41) is 8.91. The van der Waals surface area contributed by atoms with E-state index in [0.29, 0.717) is 11.8 Å². The Kier molecular flexibility index (Phi) is 8.14. The van der Waals surface area contributed by atoms with E-state index in [4.69, 9.17) is 10.8 Å². The lowest BCUT2D eigenvalue weighted by molar-refractivity contribution is 0.162. The van der Waals surface area contributed by atoms with Gasteiger partial charge in [0.15, 0.2) is 0 Å². The summed E-state index contributed by atoms with van der Waals surface area (Å²) in [6.45, 7) is 10.4. The van der Waals surface area contributed by atoms with Gasteiger partial charge in [0.25, 0.3) is 0 Å². The first-order valence-corrected chi connectivity index (χ1v) is 5.68. The second kappa shape index (κ2) is 8.21. The van der Waals surface area contributed by atoms with E-state index in [0.717, 1.165) is 32.6 Å². The smallest absolute Gasteiger partial charge is 0.0558 e. The Hall–Kier alpha value is -0.120. The molecule has 0 aliphatic heterocycles. The van der Waals surface area contributed by atoms with Crippen LogP contribution in [0.3, 0.4) is 0 Å². The molecule has 0 amide bonds. The number of rotatable bonds is 8. The summed E-state index contributed by atoms with van der Waals surface area (Å²) in [4.78, 5) is 2.30. The van der Waals surface area contributed by atoms with E-state index in [1.54, 1.807) is 0 Å². The zero-order chi connectivity index (χ0) is 11.0. The van der Waals surface area contributed by atoms with Crippen LogP contribution in [0.4, 0.5) is 0 Å². The number of nitrogens with zero attached hydrogens (tertiary/aromatic N) is 1. The van der Waals surface area contributed by atoms with Crippen LogP contribution in [-0.2, 0) is 0 Å². The Morgan fingerprint density at radius 3 is 2.29 bits per heavy atom. The molecular formula is C11H26N2O. The maximum absolute atomic E-state index is 8.91. The van der Waals surface area contributed by atoms with Crippen LogP contribution in [0.2, 0.25) is 0 Å². The SMILES string of the molecule is CCCN(CCO)CC(CN)C(C)C. The number of nitrogens with two attached hydrogens (primary N) is 1. The second-order valence-electron chi connectivity index (χ2n) is 4.26. The van der Waals surface area contributed by atoms with E-state index in [1.807, 2.05) is 0 Å². The van der Waals surface area contributed by atoms with Gasteiger partial charge >= 0.3 is 0 Å². The minimum absolute atomic E-state index is 0.245. The Morgan fingerprint density at radius 1 is 1.29 bits per heavy atom. The van der Waals surface area contributed by atoms with Crippen LogP contribution in [-0.4, -0.2) is 42.8 Å². The van der Waals surface area contributed by atoms with E-state index in [2.05, 4.69) is 25.7 Å². The highest BCUT2D eigenvalue weighted by Crippen LogP contribution is 2.11. The van der Waals surface area contributed by atoms with Gasteiger partial charge in [0.05, 0.1) is 6.61 Å². The standard InChI is InChI=1S/C11H26N2O/c1-4-5-13(6-7-14)9-11(8-12)10(2)3/h10-11,14H,4-9,12H2,1-3H3. The van der Waals surface area contributed by atoms with E-state index in [1.165, 1.54) is 0 Å². The van der Waals surface area contributed by atoms with Gasteiger partial charge in [-0.05, 0) is 31.3 Å². The topological polar surface area (TPSA) is 49.5 Å². The molecule has 3 heteroatoms. The van der Waals surface area contributed by atoms with E-state index < -0.39 is 0 Å². The van der Waals surface area contributed by atoms with Crippen molar-refractivity contribution >= 4 is 0 Å². The van der Waals surface area contributed by atoms with Crippen molar-refractivity contribution < 1.29 is 5.11 Å². The summed E-state index contributed by atoms with van der Waals surface area (Å²) in [5.41, 5.74) is 5.73. The summed E-state index contributed by atoms with van der Waals surface area (Å²) in [7, 11) is 0. The highest BCUT2D eigenvalue weighted by atomic mass is 16.3. The van der Waals surface area contributed by atoms with Gasteiger partial charge in [0, 0.05) is 13.1 Å². The lowest BCUT2D eigenvalue weighted by Gasteiger charge is -2.28. The van der Waals surface area contributed by atoms with E-state index in [9.17, 15) is 0 Å². The molecule has 0 saturated heterocycles. The van der Waals surface area contributed by atoms with Crippen LogP contribution in [0.25, 0.3) is 0 Å². The largest absolute Gasteiger partial charge is 0.395 e. The first kappa shape index (κ1) is 13.9. The predicted octanol–water partition coefficient (Wildman–Crippen LogP) is 0.922. The zero-order valence-corrected chi connectivity index (χ0v) is 9.87.